The van der Waals surface area contributed by atoms with E-state index in [0.717, 1.165) is 30.3 Å². The second-order valence-electron chi connectivity index (χ2n) is 4.59. The van der Waals surface area contributed by atoms with Gasteiger partial charge < -0.3 is 5.32 Å². The molecule has 0 aromatic heterocycles. The molecule has 1 amide bonds. The first-order valence-electron chi connectivity index (χ1n) is 6.39. The number of rotatable bonds is 5. The molecular formula is C13H7ClN4O7. The van der Waals surface area contributed by atoms with Crippen LogP contribution in [0.25, 0.3) is 0 Å². The van der Waals surface area contributed by atoms with Crippen LogP contribution in [0.5, 0.6) is 0 Å². The van der Waals surface area contributed by atoms with E-state index in [2.05, 4.69) is 5.32 Å². The minimum Gasteiger partial charge on any atom is -0.316 e. The van der Waals surface area contributed by atoms with Gasteiger partial charge in [-0.15, -0.1) is 0 Å². The number of benzene rings is 2. The van der Waals surface area contributed by atoms with Gasteiger partial charge in [-0.05, 0) is 12.1 Å². The molecule has 0 atom stereocenters. The van der Waals surface area contributed by atoms with Gasteiger partial charge in [0.25, 0.3) is 23.0 Å². The van der Waals surface area contributed by atoms with Gasteiger partial charge in [-0.2, -0.15) is 0 Å². The summed E-state index contributed by atoms with van der Waals surface area (Å²) in [5, 5.41) is 34.3. The van der Waals surface area contributed by atoms with Crippen molar-refractivity contribution in [3.05, 3.63) is 77.3 Å². The summed E-state index contributed by atoms with van der Waals surface area (Å²) in [6, 6.07) is 5.79. The standard InChI is InChI=1S/C13H7ClN4O7/c14-10-5-7(16(20)21)1-3-9(10)13(19)15-11-4-2-8(17(22)23)6-12(11)18(24)25/h1-6H,(H,15,19). The lowest BCUT2D eigenvalue weighted by molar-refractivity contribution is -0.393. The topological polar surface area (TPSA) is 159 Å². The molecule has 0 aliphatic heterocycles. The Morgan fingerprint density at radius 2 is 1.44 bits per heavy atom. The fourth-order valence-electron chi connectivity index (χ4n) is 1.88. The highest BCUT2D eigenvalue weighted by Crippen LogP contribution is 2.30. The van der Waals surface area contributed by atoms with Crippen molar-refractivity contribution in [2.24, 2.45) is 0 Å². The molecule has 0 fully saturated rings. The molecular weight excluding hydrogens is 360 g/mol. The lowest BCUT2D eigenvalue weighted by Crippen LogP contribution is -2.14. The van der Waals surface area contributed by atoms with E-state index in [1.807, 2.05) is 0 Å². The number of nitrogens with zero attached hydrogens (tertiary/aromatic N) is 3. The van der Waals surface area contributed by atoms with Crippen LogP contribution >= 0.6 is 11.6 Å². The van der Waals surface area contributed by atoms with Crippen LogP contribution < -0.4 is 5.32 Å². The fraction of sp³-hybridized carbons (Fsp3) is 0. The van der Waals surface area contributed by atoms with E-state index in [-0.39, 0.29) is 22.0 Å². The van der Waals surface area contributed by atoms with E-state index in [0.29, 0.717) is 6.07 Å². The maximum atomic E-state index is 12.2. The van der Waals surface area contributed by atoms with Gasteiger partial charge in [-0.3, -0.25) is 35.1 Å². The molecule has 0 bridgehead atoms. The lowest BCUT2D eigenvalue weighted by atomic mass is 10.1. The number of non-ortho nitro benzene ring substituents is 2. The van der Waals surface area contributed by atoms with Gasteiger partial charge in [0.15, 0.2) is 0 Å². The minimum absolute atomic E-state index is 0.153. The Labute approximate surface area is 143 Å². The molecule has 128 valence electrons. The molecule has 1 N–H and O–H groups in total. The zero-order chi connectivity index (χ0) is 18.7. The number of anilines is 1. The van der Waals surface area contributed by atoms with Crippen LogP contribution in [0.15, 0.2) is 36.4 Å². The first-order valence-corrected chi connectivity index (χ1v) is 6.76. The maximum absolute atomic E-state index is 12.2. The Balaban J connectivity index is 2.36. The summed E-state index contributed by atoms with van der Waals surface area (Å²) in [7, 11) is 0. The summed E-state index contributed by atoms with van der Waals surface area (Å²) in [5.41, 5.74) is -1.96. The Morgan fingerprint density at radius 3 is 1.96 bits per heavy atom. The zero-order valence-corrected chi connectivity index (χ0v) is 12.8. The number of carbonyl (C=O) groups is 1. The quantitative estimate of drug-likeness (QED) is 0.627. The van der Waals surface area contributed by atoms with E-state index >= 15 is 0 Å². The Bertz CT molecular complexity index is 915. The van der Waals surface area contributed by atoms with Crippen molar-refractivity contribution < 1.29 is 19.6 Å². The maximum Gasteiger partial charge on any atom is 0.299 e. The van der Waals surface area contributed by atoms with Gasteiger partial charge in [0, 0.05) is 18.2 Å². The third kappa shape index (κ3) is 3.84. The van der Waals surface area contributed by atoms with E-state index < -0.39 is 32.1 Å². The predicted molar refractivity (Wildman–Crippen MR) is 85.8 cm³/mol. The highest BCUT2D eigenvalue weighted by molar-refractivity contribution is 6.34. The first-order chi connectivity index (χ1) is 11.7. The molecule has 0 saturated heterocycles. The van der Waals surface area contributed by atoms with E-state index in [9.17, 15) is 35.1 Å². The number of hydrogen-bond acceptors (Lipinski definition) is 7. The summed E-state index contributed by atoms with van der Waals surface area (Å²) in [4.78, 5) is 42.2. The minimum atomic E-state index is -0.889. The SMILES string of the molecule is O=C(Nc1ccc([N+](=O)[O-])cc1[N+](=O)[O-])c1ccc([N+](=O)[O-])cc1Cl. The van der Waals surface area contributed by atoms with Crippen LogP contribution in [0, 0.1) is 30.3 Å². The van der Waals surface area contributed by atoms with Crippen molar-refractivity contribution in [2.75, 3.05) is 5.32 Å². The molecule has 0 radical (unpaired) electrons. The van der Waals surface area contributed by atoms with Gasteiger partial charge in [0.1, 0.15) is 5.69 Å². The highest BCUT2D eigenvalue weighted by atomic mass is 35.5. The van der Waals surface area contributed by atoms with E-state index in [1.54, 1.807) is 0 Å². The molecule has 2 rings (SSSR count). The Hall–Kier alpha value is -3.60. The first kappa shape index (κ1) is 17.7. The largest absolute Gasteiger partial charge is 0.316 e. The zero-order valence-electron chi connectivity index (χ0n) is 12.0. The second-order valence-corrected chi connectivity index (χ2v) is 5.00. The molecule has 0 aliphatic carbocycles. The average molecular weight is 367 g/mol. The molecule has 2 aromatic carbocycles. The predicted octanol–water partition coefficient (Wildman–Crippen LogP) is 3.32. The van der Waals surface area contributed by atoms with Crippen LogP contribution in [0.2, 0.25) is 5.02 Å². The van der Waals surface area contributed by atoms with Crippen molar-refractivity contribution >= 4 is 40.3 Å². The highest BCUT2D eigenvalue weighted by Gasteiger charge is 2.22. The van der Waals surface area contributed by atoms with Gasteiger partial charge in [0.05, 0.1) is 31.4 Å². The number of hydrogen-bond donors (Lipinski definition) is 1. The third-order valence-electron chi connectivity index (χ3n) is 3.05. The van der Waals surface area contributed by atoms with E-state index in [4.69, 9.17) is 11.6 Å². The smallest absolute Gasteiger partial charge is 0.299 e. The van der Waals surface area contributed by atoms with Crippen molar-refractivity contribution in [3.8, 4) is 0 Å². The summed E-state index contributed by atoms with van der Waals surface area (Å²) in [6.07, 6.45) is 0. The van der Waals surface area contributed by atoms with Crippen molar-refractivity contribution in [1.29, 1.82) is 0 Å². The van der Waals surface area contributed by atoms with Gasteiger partial charge in [-0.25, -0.2) is 0 Å². The molecule has 0 aliphatic rings. The normalized spacial score (nSPS) is 10.1. The number of carbonyl (C=O) groups excluding carboxylic acids is 1. The van der Waals surface area contributed by atoms with Crippen molar-refractivity contribution in [3.63, 3.8) is 0 Å². The molecule has 11 nitrogen and oxygen atoms in total. The van der Waals surface area contributed by atoms with Gasteiger partial charge in [0.2, 0.25) is 0 Å². The Morgan fingerprint density at radius 1 is 0.880 bits per heavy atom. The van der Waals surface area contributed by atoms with E-state index in [1.165, 1.54) is 0 Å². The Kier molecular flexibility index (Phi) is 4.89. The number of nitro benzene ring substituents is 3. The van der Waals surface area contributed by atoms with Crippen LogP contribution in [0.3, 0.4) is 0 Å². The summed E-state index contributed by atoms with van der Waals surface area (Å²) >= 11 is 5.82. The summed E-state index contributed by atoms with van der Waals surface area (Å²) in [5.74, 6) is -0.864. The van der Waals surface area contributed by atoms with Crippen molar-refractivity contribution in [2.45, 2.75) is 0 Å². The average Bonchev–Trinajstić information content (AvgIpc) is 2.54. The molecule has 0 saturated carbocycles. The second kappa shape index (κ2) is 6.88. The van der Waals surface area contributed by atoms with Gasteiger partial charge >= 0.3 is 0 Å². The summed E-state index contributed by atoms with van der Waals surface area (Å²) < 4.78 is 0. The molecule has 2 aromatic rings. The number of halogens is 1. The monoisotopic (exact) mass is 366 g/mol. The number of nitrogens with one attached hydrogen (secondary N) is 1. The fourth-order valence-corrected chi connectivity index (χ4v) is 2.14. The molecule has 0 spiro atoms. The number of nitro groups is 3. The molecule has 12 heteroatoms. The lowest BCUT2D eigenvalue weighted by Gasteiger charge is -2.07. The van der Waals surface area contributed by atoms with Crippen molar-refractivity contribution in [1.82, 2.24) is 0 Å². The van der Waals surface area contributed by atoms with Crippen LogP contribution in [-0.4, -0.2) is 20.7 Å². The van der Waals surface area contributed by atoms with Crippen LogP contribution in [0.1, 0.15) is 10.4 Å². The van der Waals surface area contributed by atoms with Crippen LogP contribution in [-0.2, 0) is 0 Å². The summed E-state index contributed by atoms with van der Waals surface area (Å²) in [6.45, 7) is 0. The van der Waals surface area contributed by atoms with Gasteiger partial charge in [-0.1, -0.05) is 11.6 Å². The third-order valence-corrected chi connectivity index (χ3v) is 3.36. The molecule has 0 unspecified atom stereocenters. The number of amides is 1. The van der Waals surface area contributed by atoms with Crippen LogP contribution in [0.4, 0.5) is 22.7 Å². The molecule has 0 heterocycles. The molecule has 25 heavy (non-hydrogen) atoms.